The van der Waals surface area contributed by atoms with Crippen molar-refractivity contribution in [1.82, 2.24) is 14.9 Å². The summed E-state index contributed by atoms with van der Waals surface area (Å²) < 4.78 is 39.3. The lowest BCUT2D eigenvalue weighted by Crippen LogP contribution is -2.36. The van der Waals surface area contributed by atoms with E-state index in [1.54, 1.807) is 0 Å². The van der Waals surface area contributed by atoms with Crippen molar-refractivity contribution in [2.75, 3.05) is 6.54 Å². The van der Waals surface area contributed by atoms with Gasteiger partial charge in [-0.2, -0.15) is 13.2 Å². The highest BCUT2D eigenvalue weighted by atomic mass is 79.9. The summed E-state index contributed by atoms with van der Waals surface area (Å²) in [7, 11) is 0. The summed E-state index contributed by atoms with van der Waals surface area (Å²) in [6.45, 7) is 1.41. The molecular weight excluding hydrogens is 375 g/mol. The molecule has 1 aromatic carbocycles. The molecule has 0 radical (unpaired) electrons. The summed E-state index contributed by atoms with van der Waals surface area (Å²) in [5.74, 6) is -1.23. The maximum atomic E-state index is 12.8. The Hall–Kier alpha value is -1.67. The molecule has 23 heavy (non-hydrogen) atoms. The lowest BCUT2D eigenvalue weighted by molar-refractivity contribution is -0.145. The van der Waals surface area contributed by atoms with Crippen LogP contribution in [0.3, 0.4) is 0 Å². The minimum atomic E-state index is -4.65. The van der Waals surface area contributed by atoms with Crippen molar-refractivity contribution in [2.24, 2.45) is 0 Å². The van der Waals surface area contributed by atoms with Crippen LogP contribution in [0.4, 0.5) is 13.2 Å². The van der Waals surface area contributed by atoms with Gasteiger partial charge >= 0.3 is 6.18 Å². The van der Waals surface area contributed by atoms with E-state index in [2.05, 4.69) is 20.9 Å². The number of hydrogen-bond donors (Lipinski definition) is 1. The van der Waals surface area contributed by atoms with Gasteiger partial charge in [-0.05, 0) is 18.1 Å². The maximum absolute atomic E-state index is 12.8. The molecule has 4 nitrogen and oxygen atoms in total. The van der Waals surface area contributed by atoms with Gasteiger partial charge in [0.15, 0.2) is 0 Å². The number of benzene rings is 1. The Labute approximate surface area is 138 Å². The van der Waals surface area contributed by atoms with E-state index in [1.165, 1.54) is 0 Å². The van der Waals surface area contributed by atoms with E-state index in [0.717, 1.165) is 10.0 Å². The van der Waals surface area contributed by atoms with Gasteiger partial charge in [-0.1, -0.05) is 34.1 Å². The van der Waals surface area contributed by atoms with Crippen molar-refractivity contribution >= 4 is 15.9 Å². The molecule has 1 aliphatic heterocycles. The summed E-state index contributed by atoms with van der Waals surface area (Å²) in [6.07, 6.45) is -4.26. The van der Waals surface area contributed by atoms with Crippen LogP contribution in [0.2, 0.25) is 0 Å². The molecule has 0 atom stereocenters. The number of nitrogens with one attached hydrogen (secondary N) is 1. The first kappa shape index (κ1) is 16.2. The zero-order valence-electron chi connectivity index (χ0n) is 12.0. The van der Waals surface area contributed by atoms with Gasteiger partial charge in [-0.15, -0.1) is 0 Å². The minimum absolute atomic E-state index is 0.208. The topological polar surface area (TPSA) is 49.0 Å². The molecule has 8 heteroatoms. The number of hydrogen-bond acceptors (Lipinski definition) is 3. The average molecular weight is 388 g/mol. The Morgan fingerprint density at radius 1 is 1.30 bits per heavy atom. The molecule has 0 aliphatic carbocycles. The zero-order valence-corrected chi connectivity index (χ0v) is 13.5. The van der Waals surface area contributed by atoms with Crippen LogP contribution in [-0.4, -0.2) is 21.4 Å². The Morgan fingerprint density at radius 2 is 2.04 bits per heavy atom. The highest BCUT2D eigenvalue weighted by Crippen LogP contribution is 2.27. The Morgan fingerprint density at radius 3 is 2.74 bits per heavy atom. The van der Waals surface area contributed by atoms with Crippen molar-refractivity contribution in [2.45, 2.75) is 25.7 Å². The zero-order chi connectivity index (χ0) is 16.6. The third kappa shape index (κ3) is 3.48. The third-order valence-corrected chi connectivity index (χ3v) is 4.55. The second kappa shape index (κ2) is 6.09. The van der Waals surface area contributed by atoms with Crippen LogP contribution in [0.1, 0.15) is 22.6 Å². The van der Waals surface area contributed by atoms with Gasteiger partial charge in [0.25, 0.3) is 5.56 Å². The van der Waals surface area contributed by atoms with Gasteiger partial charge in [0.05, 0.1) is 5.69 Å². The molecule has 0 bridgehead atoms. The van der Waals surface area contributed by atoms with E-state index in [-0.39, 0.29) is 12.2 Å². The fourth-order valence-electron chi connectivity index (χ4n) is 2.63. The van der Waals surface area contributed by atoms with E-state index >= 15 is 0 Å². The number of fused-ring (bicyclic) bond motifs is 1. The van der Waals surface area contributed by atoms with E-state index < -0.39 is 17.6 Å². The summed E-state index contributed by atoms with van der Waals surface area (Å²) in [5.41, 5.74) is 0.903. The second-order valence-corrected chi connectivity index (χ2v) is 6.24. The molecule has 1 N–H and O–H groups in total. The van der Waals surface area contributed by atoms with Crippen molar-refractivity contribution in [3.05, 3.63) is 61.7 Å². The first-order chi connectivity index (χ1) is 10.8. The molecule has 0 fully saturated rings. The summed E-state index contributed by atoms with van der Waals surface area (Å²) in [4.78, 5) is 19.3. The molecule has 1 aromatic heterocycles. The number of nitrogens with zero attached hydrogens (tertiary/aromatic N) is 2. The van der Waals surface area contributed by atoms with Gasteiger partial charge in [0.1, 0.15) is 0 Å². The van der Waals surface area contributed by atoms with Crippen molar-refractivity contribution in [3.8, 4) is 0 Å². The van der Waals surface area contributed by atoms with Gasteiger partial charge in [0, 0.05) is 29.7 Å². The van der Waals surface area contributed by atoms with Crippen LogP contribution >= 0.6 is 15.9 Å². The Bertz CT molecular complexity index is 788. The predicted octanol–water partition coefficient (Wildman–Crippen LogP) is 3.11. The number of H-pyrrole nitrogens is 1. The fourth-order valence-corrected chi connectivity index (χ4v) is 3.04. The minimum Gasteiger partial charge on any atom is -0.303 e. The van der Waals surface area contributed by atoms with E-state index in [0.29, 0.717) is 25.1 Å². The molecule has 0 spiro atoms. The number of rotatable bonds is 2. The SMILES string of the molecule is O=c1[nH]c(C(F)(F)F)nc2c1CCN(Cc1ccccc1Br)C2. The number of aromatic nitrogens is 2. The molecular formula is C15H13BrF3N3O. The van der Waals surface area contributed by atoms with E-state index in [4.69, 9.17) is 0 Å². The Balaban J connectivity index is 1.87. The fraction of sp³-hybridized carbons (Fsp3) is 0.333. The Kier molecular flexibility index (Phi) is 4.29. The lowest BCUT2D eigenvalue weighted by Gasteiger charge is -2.28. The first-order valence-corrected chi connectivity index (χ1v) is 7.79. The van der Waals surface area contributed by atoms with Crippen LogP contribution in [0.5, 0.6) is 0 Å². The van der Waals surface area contributed by atoms with Gasteiger partial charge in [0.2, 0.25) is 5.82 Å². The maximum Gasteiger partial charge on any atom is 0.449 e. The van der Waals surface area contributed by atoms with E-state index in [1.807, 2.05) is 34.1 Å². The number of aromatic amines is 1. The first-order valence-electron chi connectivity index (χ1n) is 6.99. The van der Waals surface area contributed by atoms with Crippen LogP contribution in [0.25, 0.3) is 0 Å². The largest absolute Gasteiger partial charge is 0.449 e. The highest BCUT2D eigenvalue weighted by Gasteiger charge is 2.35. The molecule has 2 aromatic rings. The summed E-state index contributed by atoms with van der Waals surface area (Å²) in [5, 5.41) is 0. The third-order valence-electron chi connectivity index (χ3n) is 3.77. The normalized spacial score (nSPS) is 15.5. The molecule has 1 aliphatic rings. The van der Waals surface area contributed by atoms with Gasteiger partial charge in [-0.25, -0.2) is 4.98 Å². The molecule has 2 heterocycles. The standard InChI is InChI=1S/C15H13BrF3N3O/c16-11-4-2-1-3-9(11)7-22-6-5-10-12(8-22)20-14(15(17,18)19)21-13(10)23/h1-4H,5-8H2,(H,20,21,23). The quantitative estimate of drug-likeness (QED) is 0.861. The van der Waals surface area contributed by atoms with Crippen molar-refractivity contribution in [3.63, 3.8) is 0 Å². The van der Waals surface area contributed by atoms with Crippen LogP contribution in [0.15, 0.2) is 33.5 Å². The number of halogens is 4. The van der Waals surface area contributed by atoms with Crippen LogP contribution in [0, 0.1) is 0 Å². The summed E-state index contributed by atoms with van der Waals surface area (Å²) in [6, 6.07) is 7.67. The molecule has 0 amide bonds. The lowest BCUT2D eigenvalue weighted by atomic mass is 10.1. The summed E-state index contributed by atoms with van der Waals surface area (Å²) >= 11 is 3.46. The molecule has 0 saturated heterocycles. The van der Waals surface area contributed by atoms with Crippen LogP contribution in [-0.2, 0) is 25.7 Å². The van der Waals surface area contributed by atoms with Gasteiger partial charge in [-0.3, -0.25) is 9.69 Å². The predicted molar refractivity (Wildman–Crippen MR) is 81.8 cm³/mol. The van der Waals surface area contributed by atoms with E-state index in [9.17, 15) is 18.0 Å². The monoisotopic (exact) mass is 387 g/mol. The highest BCUT2D eigenvalue weighted by molar-refractivity contribution is 9.10. The number of alkyl halides is 3. The molecule has 3 rings (SSSR count). The van der Waals surface area contributed by atoms with Crippen molar-refractivity contribution in [1.29, 1.82) is 0 Å². The average Bonchev–Trinajstić information content (AvgIpc) is 2.48. The molecule has 122 valence electrons. The van der Waals surface area contributed by atoms with Gasteiger partial charge < -0.3 is 4.98 Å². The van der Waals surface area contributed by atoms with Crippen LogP contribution < -0.4 is 5.56 Å². The molecule has 0 unspecified atom stereocenters. The second-order valence-electron chi connectivity index (χ2n) is 5.39. The smallest absolute Gasteiger partial charge is 0.303 e. The van der Waals surface area contributed by atoms with Crippen molar-refractivity contribution < 1.29 is 13.2 Å². The molecule has 0 saturated carbocycles.